The number of carbonyl (C=O) groups excluding carboxylic acids is 2. The van der Waals surface area contributed by atoms with Gasteiger partial charge in [-0.15, -0.1) is 0 Å². The molecule has 0 aromatic heterocycles. The molecule has 2 fully saturated rings. The Labute approximate surface area is 149 Å². The SMILES string of the molecule is COc1ccc(C2C(C(=O)N3CCCCC3C)CCC(=O)N2C)cc1. The minimum Gasteiger partial charge on any atom is -0.497 e. The van der Waals surface area contributed by atoms with Crippen LogP contribution in [0.15, 0.2) is 24.3 Å². The van der Waals surface area contributed by atoms with Gasteiger partial charge in [-0.25, -0.2) is 0 Å². The highest BCUT2D eigenvalue weighted by atomic mass is 16.5. The summed E-state index contributed by atoms with van der Waals surface area (Å²) in [6.07, 6.45) is 4.41. The molecule has 0 spiro atoms. The summed E-state index contributed by atoms with van der Waals surface area (Å²) >= 11 is 0. The predicted molar refractivity (Wildman–Crippen MR) is 96.3 cm³/mol. The summed E-state index contributed by atoms with van der Waals surface area (Å²) in [6.45, 7) is 2.97. The van der Waals surface area contributed by atoms with Crippen LogP contribution < -0.4 is 4.74 Å². The van der Waals surface area contributed by atoms with Crippen LogP contribution in [0.2, 0.25) is 0 Å². The minimum absolute atomic E-state index is 0.108. The van der Waals surface area contributed by atoms with E-state index < -0.39 is 0 Å². The average molecular weight is 344 g/mol. The van der Waals surface area contributed by atoms with E-state index in [1.165, 1.54) is 6.42 Å². The topological polar surface area (TPSA) is 49.9 Å². The molecule has 3 atom stereocenters. The standard InChI is InChI=1S/C20H28N2O3/c1-14-6-4-5-13-22(14)20(24)17-11-12-18(23)21(2)19(17)15-7-9-16(25-3)10-8-15/h7-10,14,17,19H,4-6,11-13H2,1-3H3. The number of rotatable bonds is 3. The van der Waals surface area contributed by atoms with Gasteiger partial charge in [0.05, 0.1) is 19.1 Å². The maximum Gasteiger partial charge on any atom is 0.228 e. The number of hydrogen-bond donors (Lipinski definition) is 0. The summed E-state index contributed by atoms with van der Waals surface area (Å²) < 4.78 is 5.23. The molecule has 0 N–H and O–H groups in total. The third-order valence-electron chi connectivity index (χ3n) is 5.72. The van der Waals surface area contributed by atoms with Crippen molar-refractivity contribution in [2.75, 3.05) is 20.7 Å². The Morgan fingerprint density at radius 1 is 1.16 bits per heavy atom. The fraction of sp³-hybridized carbons (Fsp3) is 0.600. The molecule has 2 saturated heterocycles. The van der Waals surface area contributed by atoms with Crippen LogP contribution in [0.4, 0.5) is 0 Å². The summed E-state index contributed by atoms with van der Waals surface area (Å²) in [7, 11) is 3.45. The van der Waals surface area contributed by atoms with Crippen LogP contribution in [0, 0.1) is 5.92 Å². The molecular weight excluding hydrogens is 316 g/mol. The van der Waals surface area contributed by atoms with Gasteiger partial charge in [-0.3, -0.25) is 9.59 Å². The Kier molecular flexibility index (Phi) is 5.30. The first-order chi connectivity index (χ1) is 12.0. The third kappa shape index (κ3) is 3.51. The molecule has 3 rings (SSSR count). The second kappa shape index (κ2) is 7.46. The Balaban J connectivity index is 1.89. The Morgan fingerprint density at radius 2 is 1.88 bits per heavy atom. The molecule has 2 amide bonds. The van der Waals surface area contributed by atoms with Gasteiger partial charge in [0.2, 0.25) is 11.8 Å². The van der Waals surface area contributed by atoms with Crippen molar-refractivity contribution in [3.63, 3.8) is 0 Å². The van der Waals surface area contributed by atoms with E-state index in [9.17, 15) is 9.59 Å². The van der Waals surface area contributed by atoms with Crippen LogP contribution in [-0.2, 0) is 9.59 Å². The molecule has 5 nitrogen and oxygen atoms in total. The molecule has 136 valence electrons. The molecule has 0 bridgehead atoms. The lowest BCUT2D eigenvalue weighted by atomic mass is 9.83. The maximum atomic E-state index is 13.3. The first kappa shape index (κ1) is 17.8. The zero-order chi connectivity index (χ0) is 18.0. The fourth-order valence-corrected chi connectivity index (χ4v) is 4.19. The number of methoxy groups -OCH3 is 1. The van der Waals surface area contributed by atoms with Crippen LogP contribution >= 0.6 is 0 Å². The van der Waals surface area contributed by atoms with Crippen molar-refractivity contribution in [1.82, 2.24) is 9.80 Å². The Hall–Kier alpha value is -2.04. The smallest absolute Gasteiger partial charge is 0.228 e. The summed E-state index contributed by atoms with van der Waals surface area (Å²) in [5.41, 5.74) is 0.999. The second-order valence-corrected chi connectivity index (χ2v) is 7.24. The van der Waals surface area contributed by atoms with Crippen LogP contribution in [0.25, 0.3) is 0 Å². The van der Waals surface area contributed by atoms with E-state index in [0.717, 1.165) is 30.7 Å². The molecule has 3 unspecified atom stereocenters. The van der Waals surface area contributed by atoms with Crippen molar-refractivity contribution < 1.29 is 14.3 Å². The number of nitrogens with zero attached hydrogens (tertiary/aromatic N) is 2. The van der Waals surface area contributed by atoms with Gasteiger partial charge in [-0.05, 0) is 50.3 Å². The zero-order valence-corrected chi connectivity index (χ0v) is 15.4. The van der Waals surface area contributed by atoms with Crippen molar-refractivity contribution in [1.29, 1.82) is 0 Å². The van der Waals surface area contributed by atoms with E-state index in [1.54, 1.807) is 12.0 Å². The second-order valence-electron chi connectivity index (χ2n) is 7.24. The number of carbonyl (C=O) groups is 2. The van der Waals surface area contributed by atoms with Crippen LogP contribution in [0.3, 0.4) is 0 Å². The Morgan fingerprint density at radius 3 is 2.52 bits per heavy atom. The van der Waals surface area contributed by atoms with Gasteiger partial charge >= 0.3 is 0 Å². The van der Waals surface area contributed by atoms with Gasteiger partial charge in [-0.2, -0.15) is 0 Å². The van der Waals surface area contributed by atoms with E-state index in [2.05, 4.69) is 6.92 Å². The van der Waals surface area contributed by atoms with E-state index in [0.29, 0.717) is 18.9 Å². The molecule has 25 heavy (non-hydrogen) atoms. The highest BCUT2D eigenvalue weighted by Gasteiger charge is 2.41. The largest absolute Gasteiger partial charge is 0.497 e. The highest BCUT2D eigenvalue weighted by Crippen LogP contribution is 2.38. The number of ether oxygens (including phenoxy) is 1. The van der Waals surface area contributed by atoms with Crippen LogP contribution in [0.5, 0.6) is 5.75 Å². The summed E-state index contributed by atoms with van der Waals surface area (Å²) in [6, 6.07) is 7.83. The van der Waals surface area contributed by atoms with Crippen molar-refractivity contribution in [3.8, 4) is 5.75 Å². The molecule has 0 saturated carbocycles. The van der Waals surface area contributed by atoms with Crippen molar-refractivity contribution >= 4 is 11.8 Å². The summed E-state index contributed by atoms with van der Waals surface area (Å²) in [5, 5.41) is 0. The first-order valence-electron chi connectivity index (χ1n) is 9.23. The van der Waals surface area contributed by atoms with E-state index in [1.807, 2.05) is 36.2 Å². The highest BCUT2D eigenvalue weighted by molar-refractivity contribution is 5.85. The van der Waals surface area contributed by atoms with Crippen LogP contribution in [0.1, 0.15) is 50.6 Å². The Bertz CT molecular complexity index is 628. The number of piperidine rings is 2. The van der Waals surface area contributed by atoms with E-state index in [4.69, 9.17) is 4.74 Å². The van der Waals surface area contributed by atoms with Gasteiger partial charge in [0.15, 0.2) is 0 Å². The molecule has 2 aliphatic heterocycles. The van der Waals surface area contributed by atoms with Crippen molar-refractivity contribution in [2.24, 2.45) is 5.92 Å². The van der Waals surface area contributed by atoms with Gasteiger partial charge in [-0.1, -0.05) is 12.1 Å². The molecular formula is C20H28N2O3. The third-order valence-corrected chi connectivity index (χ3v) is 5.72. The monoisotopic (exact) mass is 344 g/mol. The van der Waals surface area contributed by atoms with Crippen LogP contribution in [-0.4, -0.2) is 48.4 Å². The van der Waals surface area contributed by atoms with Gasteiger partial charge in [0.1, 0.15) is 5.75 Å². The molecule has 1 aromatic rings. The molecule has 5 heteroatoms. The number of likely N-dealkylation sites (tertiary alicyclic amines) is 2. The van der Waals surface area contributed by atoms with Crippen molar-refractivity contribution in [2.45, 2.75) is 51.1 Å². The average Bonchev–Trinajstić information content (AvgIpc) is 2.64. The van der Waals surface area contributed by atoms with Gasteiger partial charge < -0.3 is 14.5 Å². The zero-order valence-electron chi connectivity index (χ0n) is 15.4. The minimum atomic E-state index is -0.200. The molecule has 2 heterocycles. The number of hydrogen-bond acceptors (Lipinski definition) is 3. The van der Waals surface area contributed by atoms with E-state index >= 15 is 0 Å². The van der Waals surface area contributed by atoms with Gasteiger partial charge in [0, 0.05) is 26.1 Å². The molecule has 1 aromatic carbocycles. The number of amides is 2. The number of benzene rings is 1. The summed E-state index contributed by atoms with van der Waals surface area (Å²) in [5.74, 6) is 0.918. The maximum absolute atomic E-state index is 13.3. The molecule has 0 radical (unpaired) electrons. The quantitative estimate of drug-likeness (QED) is 0.847. The van der Waals surface area contributed by atoms with Gasteiger partial charge in [0.25, 0.3) is 0 Å². The predicted octanol–water partition coefficient (Wildman–Crippen LogP) is 3.01. The lowest BCUT2D eigenvalue weighted by Crippen LogP contribution is -2.51. The van der Waals surface area contributed by atoms with E-state index in [-0.39, 0.29) is 23.8 Å². The molecule has 2 aliphatic rings. The first-order valence-corrected chi connectivity index (χ1v) is 9.23. The molecule has 0 aliphatic carbocycles. The van der Waals surface area contributed by atoms with Crippen molar-refractivity contribution in [3.05, 3.63) is 29.8 Å². The summed E-state index contributed by atoms with van der Waals surface area (Å²) in [4.78, 5) is 29.4. The fourth-order valence-electron chi connectivity index (χ4n) is 4.19. The lowest BCUT2D eigenvalue weighted by Gasteiger charge is -2.43. The normalized spacial score (nSPS) is 27.3. The lowest BCUT2D eigenvalue weighted by molar-refractivity contribution is -0.148.